The summed E-state index contributed by atoms with van der Waals surface area (Å²) in [6, 6.07) is 11.3. The second-order valence-corrected chi connectivity index (χ2v) is 4.75. The average molecular weight is 303 g/mol. The van der Waals surface area contributed by atoms with Crippen molar-refractivity contribution in [2.75, 3.05) is 11.1 Å². The summed E-state index contributed by atoms with van der Waals surface area (Å²) in [6.45, 7) is 2.00. The number of anilines is 3. The van der Waals surface area contributed by atoms with E-state index in [1.165, 1.54) is 0 Å². The molecule has 0 aliphatic heterocycles. The molecule has 0 radical (unpaired) electrons. The van der Waals surface area contributed by atoms with Crippen LogP contribution in [-0.4, -0.2) is 4.98 Å². The van der Waals surface area contributed by atoms with Gasteiger partial charge < -0.3 is 11.1 Å². The first kappa shape index (κ1) is 12.4. The number of nitrogen functional groups attached to an aromatic ring is 1. The molecule has 0 aliphatic rings. The molecule has 0 amide bonds. The SMILES string of the molecule is Cc1cc(Br)ccc1Nc1ccc(N)c(C#N)n1. The largest absolute Gasteiger partial charge is 0.396 e. The van der Waals surface area contributed by atoms with Gasteiger partial charge in [-0.15, -0.1) is 0 Å². The molecule has 0 bridgehead atoms. The Hall–Kier alpha value is -2.06. The summed E-state index contributed by atoms with van der Waals surface area (Å²) in [6.07, 6.45) is 0. The van der Waals surface area contributed by atoms with Crippen LogP contribution in [0.1, 0.15) is 11.3 Å². The molecule has 4 nitrogen and oxygen atoms in total. The Morgan fingerprint density at radius 2 is 2.11 bits per heavy atom. The van der Waals surface area contributed by atoms with Gasteiger partial charge in [0.25, 0.3) is 0 Å². The van der Waals surface area contributed by atoms with Gasteiger partial charge in [0.1, 0.15) is 11.9 Å². The van der Waals surface area contributed by atoms with Gasteiger partial charge in [0, 0.05) is 10.2 Å². The summed E-state index contributed by atoms with van der Waals surface area (Å²) in [5.74, 6) is 0.603. The maximum Gasteiger partial charge on any atom is 0.165 e. The van der Waals surface area contributed by atoms with Crippen LogP contribution in [0, 0.1) is 18.3 Å². The summed E-state index contributed by atoms with van der Waals surface area (Å²) in [5.41, 5.74) is 8.27. The van der Waals surface area contributed by atoms with Gasteiger partial charge >= 0.3 is 0 Å². The standard InChI is InChI=1S/C13H11BrN4/c1-8-6-9(14)2-4-11(8)17-13-5-3-10(16)12(7-15)18-13/h2-6H,16H2,1H3,(H,17,18). The van der Waals surface area contributed by atoms with Crippen molar-refractivity contribution in [1.82, 2.24) is 4.98 Å². The van der Waals surface area contributed by atoms with E-state index in [2.05, 4.69) is 26.2 Å². The Kier molecular flexibility index (Phi) is 3.49. The molecule has 0 atom stereocenters. The number of nitrogens with one attached hydrogen (secondary N) is 1. The van der Waals surface area contributed by atoms with Crippen molar-refractivity contribution in [3.05, 3.63) is 46.1 Å². The maximum atomic E-state index is 8.87. The summed E-state index contributed by atoms with van der Waals surface area (Å²) in [7, 11) is 0. The second-order valence-electron chi connectivity index (χ2n) is 3.83. The maximum absolute atomic E-state index is 8.87. The lowest BCUT2D eigenvalue weighted by Gasteiger charge is -2.09. The highest BCUT2D eigenvalue weighted by Gasteiger charge is 2.04. The molecule has 1 heterocycles. The van der Waals surface area contributed by atoms with Crippen molar-refractivity contribution in [2.45, 2.75) is 6.92 Å². The number of halogens is 1. The number of hydrogen-bond donors (Lipinski definition) is 2. The first-order valence-corrected chi connectivity index (χ1v) is 6.09. The van der Waals surface area contributed by atoms with E-state index >= 15 is 0 Å². The van der Waals surface area contributed by atoms with E-state index in [0.29, 0.717) is 11.5 Å². The van der Waals surface area contributed by atoms with E-state index in [-0.39, 0.29) is 5.69 Å². The first-order valence-electron chi connectivity index (χ1n) is 5.30. The third kappa shape index (κ3) is 2.60. The average Bonchev–Trinajstić information content (AvgIpc) is 2.35. The number of nitrogens with zero attached hydrogens (tertiary/aromatic N) is 2. The van der Waals surface area contributed by atoms with Crippen molar-refractivity contribution >= 4 is 33.1 Å². The van der Waals surface area contributed by atoms with Gasteiger partial charge in [0.15, 0.2) is 5.69 Å². The number of nitriles is 1. The molecule has 0 unspecified atom stereocenters. The fourth-order valence-electron chi connectivity index (χ4n) is 1.53. The lowest BCUT2D eigenvalue weighted by molar-refractivity contribution is 1.25. The minimum absolute atomic E-state index is 0.231. The number of pyridine rings is 1. The van der Waals surface area contributed by atoms with Crippen LogP contribution in [0.15, 0.2) is 34.8 Å². The number of aryl methyl sites for hydroxylation is 1. The van der Waals surface area contributed by atoms with Crippen molar-refractivity contribution in [2.24, 2.45) is 0 Å². The second kappa shape index (κ2) is 5.07. The Labute approximate surface area is 114 Å². The molecule has 5 heteroatoms. The molecule has 90 valence electrons. The van der Waals surface area contributed by atoms with E-state index in [1.807, 2.05) is 31.2 Å². The monoisotopic (exact) mass is 302 g/mol. The Bertz CT molecular complexity index is 631. The molecule has 18 heavy (non-hydrogen) atoms. The fourth-order valence-corrected chi connectivity index (χ4v) is 2.01. The Morgan fingerprint density at radius 3 is 2.78 bits per heavy atom. The van der Waals surface area contributed by atoms with Crippen LogP contribution in [0.3, 0.4) is 0 Å². The molecular weight excluding hydrogens is 292 g/mol. The lowest BCUT2D eigenvalue weighted by Crippen LogP contribution is -2.00. The third-order valence-corrected chi connectivity index (χ3v) is 2.98. The van der Waals surface area contributed by atoms with Crippen LogP contribution < -0.4 is 11.1 Å². The molecular formula is C13H11BrN4. The molecule has 0 spiro atoms. The predicted molar refractivity (Wildman–Crippen MR) is 75.5 cm³/mol. The van der Waals surface area contributed by atoms with Gasteiger partial charge in [-0.25, -0.2) is 4.98 Å². The van der Waals surface area contributed by atoms with Gasteiger partial charge in [0.05, 0.1) is 5.69 Å². The molecule has 2 aromatic rings. The van der Waals surface area contributed by atoms with Crippen molar-refractivity contribution in [3.63, 3.8) is 0 Å². The van der Waals surface area contributed by atoms with Crippen LogP contribution in [0.25, 0.3) is 0 Å². The number of aromatic nitrogens is 1. The topological polar surface area (TPSA) is 74.7 Å². The van der Waals surface area contributed by atoms with Crippen LogP contribution in [-0.2, 0) is 0 Å². The minimum atomic E-state index is 0.231. The first-order chi connectivity index (χ1) is 8.60. The van der Waals surface area contributed by atoms with Gasteiger partial charge in [-0.05, 0) is 42.8 Å². The minimum Gasteiger partial charge on any atom is -0.396 e. The molecule has 3 N–H and O–H groups in total. The number of hydrogen-bond acceptors (Lipinski definition) is 4. The van der Waals surface area contributed by atoms with E-state index < -0.39 is 0 Å². The Morgan fingerprint density at radius 1 is 1.33 bits per heavy atom. The molecule has 0 aliphatic carbocycles. The molecule has 0 saturated carbocycles. The van der Waals surface area contributed by atoms with Gasteiger partial charge in [-0.1, -0.05) is 15.9 Å². The molecule has 1 aromatic carbocycles. The number of nitrogens with two attached hydrogens (primary N) is 1. The highest BCUT2D eigenvalue weighted by molar-refractivity contribution is 9.10. The van der Waals surface area contributed by atoms with E-state index in [9.17, 15) is 0 Å². The third-order valence-electron chi connectivity index (χ3n) is 2.48. The quantitative estimate of drug-likeness (QED) is 0.892. The van der Waals surface area contributed by atoms with E-state index in [0.717, 1.165) is 15.7 Å². The summed E-state index contributed by atoms with van der Waals surface area (Å²) in [5, 5.41) is 12.0. The van der Waals surface area contributed by atoms with Gasteiger partial charge in [-0.2, -0.15) is 5.26 Å². The molecule has 0 saturated heterocycles. The van der Waals surface area contributed by atoms with E-state index in [4.69, 9.17) is 11.0 Å². The van der Waals surface area contributed by atoms with Crippen LogP contribution in [0.5, 0.6) is 0 Å². The lowest BCUT2D eigenvalue weighted by atomic mass is 10.2. The molecule has 2 rings (SSSR count). The summed E-state index contributed by atoms with van der Waals surface area (Å²) in [4.78, 5) is 4.14. The number of rotatable bonds is 2. The smallest absolute Gasteiger partial charge is 0.165 e. The number of benzene rings is 1. The fraction of sp³-hybridized carbons (Fsp3) is 0.0769. The van der Waals surface area contributed by atoms with Crippen molar-refractivity contribution < 1.29 is 0 Å². The zero-order valence-electron chi connectivity index (χ0n) is 9.74. The van der Waals surface area contributed by atoms with Crippen LogP contribution in [0.4, 0.5) is 17.2 Å². The summed E-state index contributed by atoms with van der Waals surface area (Å²) >= 11 is 3.41. The van der Waals surface area contributed by atoms with E-state index in [1.54, 1.807) is 12.1 Å². The van der Waals surface area contributed by atoms with Gasteiger partial charge in [0.2, 0.25) is 0 Å². The van der Waals surface area contributed by atoms with Crippen LogP contribution >= 0.6 is 15.9 Å². The predicted octanol–water partition coefficient (Wildman–Crippen LogP) is 3.35. The zero-order chi connectivity index (χ0) is 13.1. The van der Waals surface area contributed by atoms with Crippen molar-refractivity contribution in [3.8, 4) is 6.07 Å². The van der Waals surface area contributed by atoms with Gasteiger partial charge in [-0.3, -0.25) is 0 Å². The zero-order valence-corrected chi connectivity index (χ0v) is 11.3. The highest BCUT2D eigenvalue weighted by atomic mass is 79.9. The molecule has 0 fully saturated rings. The molecule has 1 aromatic heterocycles. The normalized spacial score (nSPS) is 9.83. The van der Waals surface area contributed by atoms with Crippen molar-refractivity contribution in [1.29, 1.82) is 5.26 Å². The Balaban J connectivity index is 2.32. The highest BCUT2D eigenvalue weighted by Crippen LogP contribution is 2.23. The van der Waals surface area contributed by atoms with Crippen LogP contribution in [0.2, 0.25) is 0 Å². The summed E-state index contributed by atoms with van der Waals surface area (Å²) < 4.78 is 1.02.